The number of halogens is 1. The van der Waals surface area contributed by atoms with Gasteiger partial charge in [0.2, 0.25) is 0 Å². The number of nitrogens with one attached hydrogen (secondary N) is 2. The highest BCUT2D eigenvalue weighted by Gasteiger charge is 2.16. The van der Waals surface area contributed by atoms with E-state index in [0.29, 0.717) is 5.56 Å². The number of benzene rings is 1. The molecule has 6 heteroatoms. The molecule has 2 aromatic rings. The van der Waals surface area contributed by atoms with Crippen LogP contribution in [-0.2, 0) is 0 Å². The maximum absolute atomic E-state index is 12.2. The lowest BCUT2D eigenvalue weighted by molar-refractivity contribution is 0.0930. The zero-order valence-corrected chi connectivity index (χ0v) is 13.4. The van der Waals surface area contributed by atoms with E-state index in [1.54, 1.807) is 0 Å². The van der Waals surface area contributed by atoms with Gasteiger partial charge in [-0.15, -0.1) is 12.4 Å². The minimum absolute atomic E-state index is 0. The lowest BCUT2D eigenvalue weighted by Crippen LogP contribution is -2.45. The molecule has 0 unspecified atom stereocenters. The van der Waals surface area contributed by atoms with Crippen LogP contribution in [0.2, 0.25) is 0 Å². The van der Waals surface area contributed by atoms with Crippen molar-refractivity contribution in [3.63, 3.8) is 0 Å². The summed E-state index contributed by atoms with van der Waals surface area (Å²) in [5, 5.41) is 10.6. The topological polar surface area (TPSA) is 59.0 Å². The summed E-state index contributed by atoms with van der Waals surface area (Å²) in [5.74, 6) is -0.00750. The van der Waals surface area contributed by atoms with Crippen LogP contribution >= 0.6 is 12.4 Å². The molecule has 3 rings (SSSR count). The summed E-state index contributed by atoms with van der Waals surface area (Å²) in [7, 11) is 0. The molecule has 1 fully saturated rings. The number of amides is 1. The molecule has 0 radical (unpaired) electrons. The highest BCUT2D eigenvalue weighted by molar-refractivity contribution is 5.94. The van der Waals surface area contributed by atoms with Crippen molar-refractivity contribution >= 4 is 18.3 Å². The van der Waals surface area contributed by atoms with Crippen LogP contribution in [0.5, 0.6) is 0 Å². The van der Waals surface area contributed by atoms with Crippen LogP contribution in [0.1, 0.15) is 28.8 Å². The standard InChI is InChI=1S/C16H20N4O.ClH/c1-12-9-18-20(11-12)15-6-4-13(5-7-15)16(21)19-14-3-2-8-17-10-14;/h4-7,9,11,14,17H,2-3,8,10H2,1H3,(H,19,21);1H/t14-;/m0./s1. The van der Waals surface area contributed by atoms with Gasteiger partial charge in [0.15, 0.2) is 0 Å². The fourth-order valence-electron chi connectivity index (χ4n) is 2.56. The number of hydrogen-bond acceptors (Lipinski definition) is 3. The molecule has 1 aromatic carbocycles. The molecule has 0 aliphatic carbocycles. The number of aromatic nitrogens is 2. The summed E-state index contributed by atoms with van der Waals surface area (Å²) >= 11 is 0. The molecule has 1 atom stereocenters. The number of aryl methyl sites for hydroxylation is 1. The van der Waals surface area contributed by atoms with Gasteiger partial charge in [0.1, 0.15) is 0 Å². The largest absolute Gasteiger partial charge is 0.348 e. The average molecular weight is 321 g/mol. The number of nitrogens with zero attached hydrogens (tertiary/aromatic N) is 2. The van der Waals surface area contributed by atoms with Gasteiger partial charge >= 0.3 is 0 Å². The zero-order chi connectivity index (χ0) is 14.7. The van der Waals surface area contributed by atoms with Crippen molar-refractivity contribution in [2.24, 2.45) is 0 Å². The number of piperidine rings is 1. The van der Waals surface area contributed by atoms with Crippen molar-refractivity contribution in [1.82, 2.24) is 20.4 Å². The second-order valence-corrected chi connectivity index (χ2v) is 5.53. The van der Waals surface area contributed by atoms with E-state index in [1.165, 1.54) is 0 Å². The molecular weight excluding hydrogens is 300 g/mol. The van der Waals surface area contributed by atoms with Crippen LogP contribution in [0.25, 0.3) is 5.69 Å². The molecular formula is C16H21ClN4O. The van der Waals surface area contributed by atoms with E-state index in [4.69, 9.17) is 0 Å². The Morgan fingerprint density at radius 3 is 2.73 bits per heavy atom. The van der Waals surface area contributed by atoms with E-state index in [0.717, 1.165) is 37.2 Å². The zero-order valence-electron chi connectivity index (χ0n) is 12.6. The first-order chi connectivity index (χ1) is 10.2. The van der Waals surface area contributed by atoms with E-state index in [1.807, 2.05) is 48.3 Å². The smallest absolute Gasteiger partial charge is 0.251 e. The summed E-state index contributed by atoms with van der Waals surface area (Å²) in [6, 6.07) is 7.76. The van der Waals surface area contributed by atoms with Crippen molar-refractivity contribution in [1.29, 1.82) is 0 Å². The highest BCUT2D eigenvalue weighted by atomic mass is 35.5. The van der Waals surface area contributed by atoms with Gasteiger partial charge in [-0.2, -0.15) is 5.10 Å². The van der Waals surface area contributed by atoms with E-state index in [-0.39, 0.29) is 24.4 Å². The minimum atomic E-state index is -0.00750. The van der Waals surface area contributed by atoms with Gasteiger partial charge in [-0.25, -0.2) is 4.68 Å². The maximum atomic E-state index is 12.2. The van der Waals surface area contributed by atoms with Gasteiger partial charge in [0, 0.05) is 24.3 Å². The predicted molar refractivity (Wildman–Crippen MR) is 88.9 cm³/mol. The summed E-state index contributed by atoms with van der Waals surface area (Å²) in [6.45, 7) is 3.91. The van der Waals surface area contributed by atoms with Crippen molar-refractivity contribution < 1.29 is 4.79 Å². The van der Waals surface area contributed by atoms with Crippen molar-refractivity contribution in [2.75, 3.05) is 13.1 Å². The predicted octanol–water partition coefficient (Wildman–Crippen LogP) is 2.08. The Hall–Kier alpha value is -1.85. The van der Waals surface area contributed by atoms with Crippen LogP contribution in [0.3, 0.4) is 0 Å². The molecule has 22 heavy (non-hydrogen) atoms. The van der Waals surface area contributed by atoms with Crippen LogP contribution in [0.15, 0.2) is 36.7 Å². The van der Waals surface area contributed by atoms with E-state index in [2.05, 4.69) is 15.7 Å². The van der Waals surface area contributed by atoms with Crippen LogP contribution in [0, 0.1) is 6.92 Å². The van der Waals surface area contributed by atoms with E-state index in [9.17, 15) is 4.79 Å². The Bertz CT molecular complexity index is 617. The molecule has 1 saturated heterocycles. The van der Waals surface area contributed by atoms with Crippen LogP contribution in [-0.4, -0.2) is 34.8 Å². The normalized spacial score (nSPS) is 17.6. The van der Waals surface area contributed by atoms with Crippen LogP contribution in [0.4, 0.5) is 0 Å². The average Bonchev–Trinajstić information content (AvgIpc) is 2.95. The highest BCUT2D eigenvalue weighted by Crippen LogP contribution is 2.11. The molecule has 118 valence electrons. The monoisotopic (exact) mass is 320 g/mol. The third kappa shape index (κ3) is 3.87. The molecule has 0 bridgehead atoms. The molecule has 5 nitrogen and oxygen atoms in total. The number of hydrogen-bond donors (Lipinski definition) is 2. The second kappa shape index (κ2) is 7.42. The van der Waals surface area contributed by atoms with Crippen LogP contribution < -0.4 is 10.6 Å². The first-order valence-electron chi connectivity index (χ1n) is 7.36. The van der Waals surface area contributed by atoms with E-state index >= 15 is 0 Å². The second-order valence-electron chi connectivity index (χ2n) is 5.53. The lowest BCUT2D eigenvalue weighted by Gasteiger charge is -2.23. The summed E-state index contributed by atoms with van der Waals surface area (Å²) in [4.78, 5) is 12.2. The Balaban J connectivity index is 0.00000176. The molecule has 2 N–H and O–H groups in total. The Morgan fingerprint density at radius 1 is 1.36 bits per heavy atom. The summed E-state index contributed by atoms with van der Waals surface area (Å²) in [5.41, 5.74) is 2.76. The third-order valence-corrected chi connectivity index (χ3v) is 3.74. The molecule has 1 aliphatic rings. The maximum Gasteiger partial charge on any atom is 0.251 e. The van der Waals surface area contributed by atoms with Gasteiger partial charge in [0.05, 0.1) is 11.9 Å². The van der Waals surface area contributed by atoms with E-state index < -0.39 is 0 Å². The van der Waals surface area contributed by atoms with Crippen molar-refractivity contribution in [2.45, 2.75) is 25.8 Å². The SMILES string of the molecule is Cc1cnn(-c2ccc(C(=O)N[C@H]3CCCNC3)cc2)c1.Cl. The van der Waals surface area contributed by atoms with Crippen molar-refractivity contribution in [3.8, 4) is 5.69 Å². The fraction of sp³-hybridized carbons (Fsp3) is 0.375. The van der Waals surface area contributed by atoms with Crippen molar-refractivity contribution in [3.05, 3.63) is 47.8 Å². The Labute approximate surface area is 136 Å². The van der Waals surface area contributed by atoms with Gasteiger partial charge in [-0.3, -0.25) is 4.79 Å². The molecule has 0 spiro atoms. The van der Waals surface area contributed by atoms with Gasteiger partial charge in [-0.05, 0) is 56.1 Å². The first kappa shape index (κ1) is 16.5. The molecule has 1 aromatic heterocycles. The van der Waals surface area contributed by atoms with Gasteiger partial charge in [-0.1, -0.05) is 0 Å². The number of rotatable bonds is 3. The fourth-order valence-corrected chi connectivity index (χ4v) is 2.56. The molecule has 1 amide bonds. The molecule has 1 aliphatic heterocycles. The molecule has 2 heterocycles. The Kier molecular flexibility index (Phi) is 5.57. The minimum Gasteiger partial charge on any atom is -0.348 e. The van der Waals surface area contributed by atoms with Gasteiger partial charge < -0.3 is 10.6 Å². The lowest BCUT2D eigenvalue weighted by atomic mass is 10.1. The summed E-state index contributed by atoms with van der Waals surface area (Å²) in [6.07, 6.45) is 5.94. The Morgan fingerprint density at radius 2 is 2.14 bits per heavy atom. The summed E-state index contributed by atoms with van der Waals surface area (Å²) < 4.78 is 1.81. The molecule has 0 saturated carbocycles. The third-order valence-electron chi connectivity index (χ3n) is 3.74. The number of carbonyl (C=O) groups excluding carboxylic acids is 1. The quantitative estimate of drug-likeness (QED) is 0.910. The first-order valence-corrected chi connectivity index (χ1v) is 7.36. The number of carbonyl (C=O) groups is 1. The van der Waals surface area contributed by atoms with Gasteiger partial charge in [0.25, 0.3) is 5.91 Å².